The van der Waals surface area contributed by atoms with Gasteiger partial charge in [0.15, 0.2) is 0 Å². The number of nitrogens with one attached hydrogen (secondary N) is 1. The molecule has 0 radical (unpaired) electrons. The quantitative estimate of drug-likeness (QED) is 0.203. The average Bonchev–Trinajstić information content (AvgIpc) is 2.78. The van der Waals surface area contributed by atoms with Crippen LogP contribution in [0.25, 0.3) is 11.1 Å². The van der Waals surface area contributed by atoms with E-state index >= 15 is 0 Å². The van der Waals surface area contributed by atoms with Gasteiger partial charge in [0.05, 0.1) is 12.1 Å². The second kappa shape index (κ2) is 9.87. The summed E-state index contributed by atoms with van der Waals surface area (Å²) in [6.45, 7) is -1.14. The molecule has 168 valence electrons. The van der Waals surface area contributed by atoms with Crippen molar-refractivity contribution in [2.45, 2.75) is 6.18 Å². The average molecular weight is 448 g/mol. The largest absolute Gasteiger partial charge is 0.462 e. The van der Waals surface area contributed by atoms with Gasteiger partial charge >= 0.3 is 12.2 Å². The number of carbonyl (C=O) groups is 1. The van der Waals surface area contributed by atoms with Gasteiger partial charge in [-0.05, 0) is 23.8 Å². The Morgan fingerprint density at radius 2 is 1.78 bits per heavy atom. The van der Waals surface area contributed by atoms with E-state index in [0.717, 1.165) is 5.01 Å². The zero-order valence-corrected chi connectivity index (χ0v) is 16.6. The summed E-state index contributed by atoms with van der Waals surface area (Å²) in [5.41, 5.74) is 7.28. The normalized spacial score (nSPS) is 11.1. The molecule has 2 heterocycles. The van der Waals surface area contributed by atoms with Gasteiger partial charge in [0.2, 0.25) is 5.95 Å². The third kappa shape index (κ3) is 6.25. The van der Waals surface area contributed by atoms with Gasteiger partial charge in [-0.2, -0.15) is 13.2 Å². The Kier molecular flexibility index (Phi) is 7.00. The van der Waals surface area contributed by atoms with Crippen LogP contribution in [0.2, 0.25) is 0 Å². The van der Waals surface area contributed by atoms with Crippen molar-refractivity contribution >= 4 is 17.5 Å². The predicted molar refractivity (Wildman–Crippen MR) is 109 cm³/mol. The van der Waals surface area contributed by atoms with Crippen molar-refractivity contribution in [2.24, 2.45) is 5.84 Å². The number of rotatable bonds is 8. The van der Waals surface area contributed by atoms with E-state index in [1.54, 1.807) is 12.1 Å². The maximum atomic E-state index is 12.7. The van der Waals surface area contributed by atoms with Crippen LogP contribution in [0.5, 0.6) is 6.01 Å². The number of aromatic nitrogens is 4. The van der Waals surface area contributed by atoms with Crippen molar-refractivity contribution in [1.29, 1.82) is 0 Å². The summed E-state index contributed by atoms with van der Waals surface area (Å²) in [4.78, 5) is 28.2. The lowest BCUT2D eigenvalue weighted by atomic mass is 10.0. The molecule has 1 amide bonds. The van der Waals surface area contributed by atoms with Crippen molar-refractivity contribution in [1.82, 2.24) is 24.9 Å². The van der Waals surface area contributed by atoms with Crippen LogP contribution in [0.4, 0.5) is 24.8 Å². The van der Waals surface area contributed by atoms with E-state index in [2.05, 4.69) is 25.3 Å². The van der Waals surface area contributed by atoms with Gasteiger partial charge in [0, 0.05) is 36.0 Å². The lowest BCUT2D eigenvalue weighted by molar-refractivity contribution is -0.115. The van der Waals surface area contributed by atoms with Crippen LogP contribution in [-0.4, -0.2) is 56.7 Å². The first-order valence-corrected chi connectivity index (χ1v) is 9.22. The number of hydrogen-bond donors (Lipinski definition) is 3. The van der Waals surface area contributed by atoms with Gasteiger partial charge in [-0.25, -0.2) is 25.8 Å². The number of carbonyl (C=O) groups excluding carboxylic acids is 1. The molecule has 0 aliphatic rings. The molecular weight excluding hydrogens is 429 g/mol. The summed E-state index contributed by atoms with van der Waals surface area (Å²) >= 11 is 0. The molecule has 10 nitrogen and oxygen atoms in total. The highest BCUT2D eigenvalue weighted by Gasteiger charge is 2.27. The number of anilines is 2. The molecule has 13 heteroatoms. The Balaban J connectivity index is 1.66. The molecule has 0 spiro atoms. The van der Waals surface area contributed by atoms with Gasteiger partial charge in [0.25, 0.3) is 5.91 Å². The number of alkyl halides is 3. The zero-order valence-electron chi connectivity index (χ0n) is 16.6. The molecule has 1 aromatic carbocycles. The van der Waals surface area contributed by atoms with Crippen LogP contribution in [0.1, 0.15) is 10.4 Å². The summed E-state index contributed by atoms with van der Waals surface area (Å²) in [7, 11) is 0. The SMILES string of the molecule is Nc1ccc(-c2cnc(NCC(F)(F)F)nc2)cc1C(=O)N(N)CCOc1ncccn1. The number of nitrogens with two attached hydrogens (primary N) is 2. The summed E-state index contributed by atoms with van der Waals surface area (Å²) in [6, 6.07) is 6.44. The van der Waals surface area contributed by atoms with Gasteiger partial charge in [-0.15, -0.1) is 0 Å². The number of hydrogen-bond acceptors (Lipinski definition) is 9. The summed E-state index contributed by atoms with van der Waals surface area (Å²) in [5.74, 6) is 5.12. The molecule has 0 atom stereocenters. The fourth-order valence-electron chi connectivity index (χ4n) is 2.52. The predicted octanol–water partition coefficient (Wildman–Crippen LogP) is 1.88. The van der Waals surface area contributed by atoms with Crippen LogP contribution in [0.15, 0.2) is 49.1 Å². The molecule has 0 saturated carbocycles. The molecular formula is C19H19F3N8O2. The molecule has 32 heavy (non-hydrogen) atoms. The molecule has 3 rings (SSSR count). The lowest BCUT2D eigenvalue weighted by Crippen LogP contribution is -2.40. The zero-order chi connectivity index (χ0) is 23.1. The van der Waals surface area contributed by atoms with E-state index in [9.17, 15) is 18.0 Å². The van der Waals surface area contributed by atoms with Crippen molar-refractivity contribution in [2.75, 3.05) is 30.7 Å². The summed E-state index contributed by atoms with van der Waals surface area (Å²) in [6.07, 6.45) is 1.31. The smallest absolute Gasteiger partial charge is 0.405 e. The second-order valence-corrected chi connectivity index (χ2v) is 6.44. The Hall–Kier alpha value is -4.00. The van der Waals surface area contributed by atoms with E-state index in [1.807, 2.05) is 0 Å². The summed E-state index contributed by atoms with van der Waals surface area (Å²) < 4.78 is 42.2. The molecule has 2 aromatic heterocycles. The number of ether oxygens (including phenoxy) is 1. The van der Waals surface area contributed by atoms with Gasteiger partial charge in [-0.3, -0.25) is 9.80 Å². The van der Waals surface area contributed by atoms with E-state index in [4.69, 9.17) is 16.3 Å². The first-order chi connectivity index (χ1) is 15.2. The number of halogens is 3. The standard InChI is InChI=1S/C19H19F3N8O2/c20-19(21,22)11-29-17-27-9-13(10-28-17)12-2-3-15(23)14(8-12)16(31)30(24)6-7-32-18-25-4-1-5-26-18/h1-5,8-10H,6-7,11,23-24H2,(H,27,28,29). The maximum Gasteiger partial charge on any atom is 0.405 e. The molecule has 0 aliphatic heterocycles. The minimum absolute atomic E-state index is 0.0451. The monoisotopic (exact) mass is 448 g/mol. The molecule has 0 unspecified atom stereocenters. The summed E-state index contributed by atoms with van der Waals surface area (Å²) in [5, 5.41) is 3.03. The van der Waals surface area contributed by atoms with E-state index in [-0.39, 0.29) is 36.4 Å². The van der Waals surface area contributed by atoms with Crippen LogP contribution < -0.4 is 21.6 Å². The van der Waals surface area contributed by atoms with Crippen LogP contribution in [0, 0.1) is 0 Å². The first kappa shape index (κ1) is 22.7. The minimum Gasteiger partial charge on any atom is -0.462 e. The number of nitrogen functional groups attached to an aromatic ring is 1. The van der Waals surface area contributed by atoms with E-state index in [1.165, 1.54) is 36.9 Å². The molecule has 5 N–H and O–H groups in total. The van der Waals surface area contributed by atoms with E-state index in [0.29, 0.717) is 11.1 Å². The second-order valence-electron chi connectivity index (χ2n) is 6.44. The highest BCUT2D eigenvalue weighted by molar-refractivity contribution is 6.00. The van der Waals surface area contributed by atoms with Gasteiger partial charge < -0.3 is 15.8 Å². The van der Waals surface area contributed by atoms with Crippen molar-refractivity contribution in [3.05, 3.63) is 54.6 Å². The maximum absolute atomic E-state index is 12.7. The Labute approximate surface area is 180 Å². The fourth-order valence-corrected chi connectivity index (χ4v) is 2.52. The number of nitrogens with zero attached hydrogens (tertiary/aromatic N) is 5. The topological polar surface area (TPSA) is 145 Å². The Morgan fingerprint density at radius 1 is 1.09 bits per heavy atom. The van der Waals surface area contributed by atoms with Gasteiger partial charge in [-0.1, -0.05) is 6.07 Å². The van der Waals surface area contributed by atoms with Crippen molar-refractivity contribution in [3.8, 4) is 17.1 Å². The number of hydrazine groups is 1. The first-order valence-electron chi connectivity index (χ1n) is 9.22. The Morgan fingerprint density at radius 3 is 2.44 bits per heavy atom. The third-order valence-corrected chi connectivity index (χ3v) is 4.08. The molecule has 0 saturated heterocycles. The molecule has 0 bridgehead atoms. The van der Waals surface area contributed by atoms with Crippen molar-refractivity contribution < 1.29 is 22.7 Å². The van der Waals surface area contributed by atoms with Crippen LogP contribution in [-0.2, 0) is 0 Å². The highest BCUT2D eigenvalue weighted by Crippen LogP contribution is 2.24. The van der Waals surface area contributed by atoms with Crippen molar-refractivity contribution in [3.63, 3.8) is 0 Å². The minimum atomic E-state index is -4.39. The number of benzene rings is 1. The molecule has 0 fully saturated rings. The fraction of sp³-hybridized carbons (Fsp3) is 0.211. The lowest BCUT2D eigenvalue weighted by Gasteiger charge is -2.18. The Bertz CT molecular complexity index is 1050. The van der Waals surface area contributed by atoms with E-state index < -0.39 is 18.6 Å². The highest BCUT2D eigenvalue weighted by atomic mass is 19.4. The molecule has 3 aromatic rings. The number of amides is 1. The van der Waals surface area contributed by atoms with Gasteiger partial charge in [0.1, 0.15) is 13.2 Å². The van der Waals surface area contributed by atoms with Crippen LogP contribution >= 0.6 is 0 Å². The molecule has 0 aliphatic carbocycles. The van der Waals surface area contributed by atoms with Crippen LogP contribution in [0.3, 0.4) is 0 Å². The third-order valence-electron chi connectivity index (χ3n) is 4.08.